The van der Waals surface area contributed by atoms with Gasteiger partial charge in [-0.3, -0.25) is 4.79 Å². The van der Waals surface area contributed by atoms with Gasteiger partial charge in [-0.15, -0.1) is 0 Å². The zero-order valence-electron chi connectivity index (χ0n) is 11.2. The molecule has 3 rings (SSSR count). The van der Waals surface area contributed by atoms with Crippen LogP contribution in [0.1, 0.15) is 12.0 Å². The van der Waals surface area contributed by atoms with Gasteiger partial charge in [-0.05, 0) is 31.0 Å². The van der Waals surface area contributed by atoms with Crippen molar-refractivity contribution in [2.24, 2.45) is 5.92 Å². The molecule has 102 valence electrons. The van der Waals surface area contributed by atoms with Crippen molar-refractivity contribution in [3.05, 3.63) is 29.8 Å². The Bertz CT molecular complexity index is 452. The number of hydrogen-bond acceptors (Lipinski definition) is 3. The highest BCUT2D eigenvalue weighted by molar-refractivity contribution is 5.81. The molecule has 2 aliphatic heterocycles. The minimum Gasteiger partial charge on any atom is -0.384 e. The molecule has 0 spiro atoms. The number of fused-ring (bicyclic) bond motifs is 1. The van der Waals surface area contributed by atoms with Gasteiger partial charge in [0, 0.05) is 31.9 Å². The molecular weight excluding hydrogens is 238 g/mol. The fraction of sp³-hybridized carbons (Fsp3) is 0.533. The van der Waals surface area contributed by atoms with Crippen molar-refractivity contribution < 1.29 is 4.79 Å². The van der Waals surface area contributed by atoms with Crippen LogP contribution in [0.15, 0.2) is 24.3 Å². The summed E-state index contributed by atoms with van der Waals surface area (Å²) in [6.45, 7) is 4.44. The van der Waals surface area contributed by atoms with Crippen LogP contribution in [0, 0.1) is 5.92 Å². The Hall–Kier alpha value is -1.55. The van der Waals surface area contributed by atoms with Crippen molar-refractivity contribution in [2.75, 3.05) is 38.0 Å². The molecule has 4 nitrogen and oxygen atoms in total. The van der Waals surface area contributed by atoms with Gasteiger partial charge in [-0.1, -0.05) is 18.2 Å². The second-order valence-electron chi connectivity index (χ2n) is 5.37. The number of para-hydroxylation sites is 1. The summed E-state index contributed by atoms with van der Waals surface area (Å²) in [6, 6.07) is 8.29. The van der Waals surface area contributed by atoms with Crippen molar-refractivity contribution in [1.82, 2.24) is 10.2 Å². The summed E-state index contributed by atoms with van der Waals surface area (Å²) >= 11 is 0. The lowest BCUT2D eigenvalue weighted by molar-refractivity contribution is -0.134. The van der Waals surface area contributed by atoms with Gasteiger partial charge in [0.05, 0.1) is 5.92 Å². The maximum Gasteiger partial charge on any atom is 0.227 e. The van der Waals surface area contributed by atoms with Gasteiger partial charge in [0.2, 0.25) is 5.91 Å². The summed E-state index contributed by atoms with van der Waals surface area (Å²) in [7, 11) is 0. The van der Waals surface area contributed by atoms with Gasteiger partial charge >= 0.3 is 0 Å². The van der Waals surface area contributed by atoms with Gasteiger partial charge in [0.1, 0.15) is 0 Å². The zero-order chi connectivity index (χ0) is 13.1. The third-order valence-electron chi connectivity index (χ3n) is 4.02. The Morgan fingerprint density at radius 2 is 2.11 bits per heavy atom. The first-order chi connectivity index (χ1) is 9.34. The quantitative estimate of drug-likeness (QED) is 0.793. The summed E-state index contributed by atoms with van der Waals surface area (Å²) < 4.78 is 0. The van der Waals surface area contributed by atoms with Crippen LogP contribution in [-0.4, -0.2) is 43.5 Å². The first-order valence-electron chi connectivity index (χ1n) is 7.16. The smallest absolute Gasteiger partial charge is 0.227 e. The molecule has 1 aromatic rings. The van der Waals surface area contributed by atoms with E-state index >= 15 is 0 Å². The first kappa shape index (κ1) is 12.5. The number of carbonyl (C=O) groups excluding carboxylic acids is 1. The molecule has 2 N–H and O–H groups in total. The molecule has 2 aliphatic rings. The van der Waals surface area contributed by atoms with Gasteiger partial charge < -0.3 is 15.5 Å². The van der Waals surface area contributed by atoms with Crippen molar-refractivity contribution in [3.63, 3.8) is 0 Å². The molecule has 1 unspecified atom stereocenters. The highest BCUT2D eigenvalue weighted by Crippen LogP contribution is 2.25. The van der Waals surface area contributed by atoms with Crippen LogP contribution < -0.4 is 10.6 Å². The lowest BCUT2D eigenvalue weighted by Crippen LogP contribution is -2.42. The number of hydrogen-bond donors (Lipinski definition) is 2. The van der Waals surface area contributed by atoms with Crippen LogP contribution in [0.3, 0.4) is 0 Å². The third kappa shape index (κ3) is 2.73. The summed E-state index contributed by atoms with van der Waals surface area (Å²) in [6.07, 6.45) is 1.93. The molecule has 0 radical (unpaired) electrons. The molecule has 1 fully saturated rings. The molecule has 4 heteroatoms. The number of rotatable bonds is 1. The fourth-order valence-corrected chi connectivity index (χ4v) is 2.94. The summed E-state index contributed by atoms with van der Waals surface area (Å²) in [5.74, 6) is 0.402. The monoisotopic (exact) mass is 259 g/mol. The molecule has 2 heterocycles. The second-order valence-corrected chi connectivity index (χ2v) is 5.37. The molecule has 0 bridgehead atoms. The van der Waals surface area contributed by atoms with Gasteiger partial charge in [0.15, 0.2) is 0 Å². The van der Waals surface area contributed by atoms with Crippen molar-refractivity contribution in [2.45, 2.75) is 12.8 Å². The third-order valence-corrected chi connectivity index (χ3v) is 4.02. The van der Waals surface area contributed by atoms with Crippen molar-refractivity contribution in [3.8, 4) is 0 Å². The molecule has 0 aliphatic carbocycles. The lowest BCUT2D eigenvalue weighted by atomic mass is 9.93. The standard InChI is InChI=1S/C15H21N3O/c19-15(18-8-3-6-16-7-9-18)13-10-12-4-1-2-5-14(12)17-11-13/h1-2,4-5,13,16-17H,3,6-11H2. The van der Waals surface area contributed by atoms with Gasteiger partial charge in [0.25, 0.3) is 0 Å². The normalized spacial score (nSPS) is 23.2. The van der Waals surface area contributed by atoms with E-state index in [1.54, 1.807) is 0 Å². The molecular formula is C15H21N3O. The average molecular weight is 259 g/mol. The Morgan fingerprint density at radius 1 is 1.21 bits per heavy atom. The van der Waals surface area contributed by atoms with E-state index in [4.69, 9.17) is 0 Å². The number of nitrogens with zero attached hydrogens (tertiary/aromatic N) is 1. The Balaban J connectivity index is 1.68. The number of carbonyl (C=O) groups is 1. The highest BCUT2D eigenvalue weighted by atomic mass is 16.2. The number of nitrogens with one attached hydrogen (secondary N) is 2. The SMILES string of the molecule is O=C(C1CNc2ccccc2C1)N1CCCNCC1. The summed E-state index contributed by atoms with van der Waals surface area (Å²) in [4.78, 5) is 14.6. The van der Waals surface area contributed by atoms with E-state index in [0.29, 0.717) is 5.91 Å². The van der Waals surface area contributed by atoms with Crippen LogP contribution in [0.4, 0.5) is 5.69 Å². The lowest BCUT2D eigenvalue weighted by Gasteiger charge is -2.30. The predicted molar refractivity (Wildman–Crippen MR) is 76.2 cm³/mol. The Kier molecular flexibility index (Phi) is 3.69. The molecule has 0 aromatic heterocycles. The topological polar surface area (TPSA) is 44.4 Å². The average Bonchev–Trinajstić information content (AvgIpc) is 2.75. The van der Waals surface area contributed by atoms with Crippen LogP contribution in [0.5, 0.6) is 0 Å². The molecule has 1 amide bonds. The van der Waals surface area contributed by atoms with E-state index in [2.05, 4.69) is 22.8 Å². The van der Waals surface area contributed by atoms with E-state index in [1.165, 1.54) is 11.3 Å². The molecule has 19 heavy (non-hydrogen) atoms. The van der Waals surface area contributed by atoms with Crippen molar-refractivity contribution in [1.29, 1.82) is 0 Å². The first-order valence-corrected chi connectivity index (χ1v) is 7.16. The zero-order valence-corrected chi connectivity index (χ0v) is 11.2. The second kappa shape index (κ2) is 5.61. The maximum absolute atomic E-state index is 12.6. The molecule has 1 aromatic carbocycles. The molecule has 0 saturated carbocycles. The van der Waals surface area contributed by atoms with Crippen molar-refractivity contribution >= 4 is 11.6 Å². The fourth-order valence-electron chi connectivity index (χ4n) is 2.94. The largest absolute Gasteiger partial charge is 0.384 e. The predicted octanol–water partition coefficient (Wildman–Crippen LogP) is 1.09. The number of amides is 1. The Labute approximate surface area is 114 Å². The van der Waals surface area contributed by atoms with Crippen LogP contribution in [0.25, 0.3) is 0 Å². The minimum atomic E-state index is 0.0907. The van der Waals surface area contributed by atoms with Gasteiger partial charge in [-0.25, -0.2) is 0 Å². The Morgan fingerprint density at radius 3 is 3.05 bits per heavy atom. The minimum absolute atomic E-state index is 0.0907. The van der Waals surface area contributed by atoms with E-state index in [9.17, 15) is 4.79 Å². The van der Waals surface area contributed by atoms with E-state index in [-0.39, 0.29) is 5.92 Å². The van der Waals surface area contributed by atoms with Crippen LogP contribution >= 0.6 is 0 Å². The van der Waals surface area contributed by atoms with Gasteiger partial charge in [-0.2, -0.15) is 0 Å². The van der Waals surface area contributed by atoms with E-state index in [0.717, 1.165) is 45.6 Å². The van der Waals surface area contributed by atoms with E-state index < -0.39 is 0 Å². The summed E-state index contributed by atoms with van der Waals surface area (Å²) in [5, 5.41) is 6.73. The van der Waals surface area contributed by atoms with Crippen LogP contribution in [0.2, 0.25) is 0 Å². The van der Waals surface area contributed by atoms with E-state index in [1.807, 2.05) is 17.0 Å². The number of benzene rings is 1. The van der Waals surface area contributed by atoms with Crippen LogP contribution in [-0.2, 0) is 11.2 Å². The molecule has 1 atom stereocenters. The molecule has 1 saturated heterocycles. The number of anilines is 1. The highest BCUT2D eigenvalue weighted by Gasteiger charge is 2.28. The summed E-state index contributed by atoms with van der Waals surface area (Å²) in [5.41, 5.74) is 2.45. The maximum atomic E-state index is 12.6.